The number of imidazole rings is 1. The van der Waals surface area contributed by atoms with Gasteiger partial charge in [0, 0.05) is 11.9 Å². The Morgan fingerprint density at radius 1 is 1.18 bits per heavy atom. The van der Waals surface area contributed by atoms with Gasteiger partial charge in [0.2, 0.25) is 0 Å². The highest BCUT2D eigenvalue weighted by molar-refractivity contribution is 5.82. The van der Waals surface area contributed by atoms with Crippen molar-refractivity contribution in [2.45, 2.75) is 13.8 Å². The van der Waals surface area contributed by atoms with E-state index in [0.29, 0.717) is 11.4 Å². The molecule has 108 valence electrons. The van der Waals surface area contributed by atoms with Gasteiger partial charge in [-0.3, -0.25) is 0 Å². The van der Waals surface area contributed by atoms with Crippen molar-refractivity contribution in [3.05, 3.63) is 65.6 Å². The van der Waals surface area contributed by atoms with E-state index in [9.17, 15) is 5.26 Å². The van der Waals surface area contributed by atoms with Crippen LogP contribution in [-0.4, -0.2) is 9.97 Å². The van der Waals surface area contributed by atoms with Crippen LogP contribution < -0.4 is 5.32 Å². The summed E-state index contributed by atoms with van der Waals surface area (Å²) in [7, 11) is 0. The molecule has 0 amide bonds. The van der Waals surface area contributed by atoms with Crippen molar-refractivity contribution in [2.24, 2.45) is 0 Å². The Kier molecular flexibility index (Phi) is 3.63. The van der Waals surface area contributed by atoms with Gasteiger partial charge in [-0.1, -0.05) is 18.2 Å². The molecule has 2 aromatic carbocycles. The fraction of sp³-hybridized carbons (Fsp3) is 0.111. The van der Waals surface area contributed by atoms with E-state index in [1.165, 1.54) is 11.1 Å². The van der Waals surface area contributed by atoms with E-state index in [1.807, 2.05) is 30.3 Å². The Bertz CT molecular complexity index is 864. The van der Waals surface area contributed by atoms with Crippen LogP contribution in [0.25, 0.3) is 16.6 Å². The van der Waals surface area contributed by atoms with E-state index >= 15 is 0 Å². The van der Waals surface area contributed by atoms with E-state index < -0.39 is 0 Å². The minimum atomic E-state index is 0.467. The molecule has 0 saturated carbocycles. The largest absolute Gasteiger partial charge is 0.360 e. The standard InChI is InChI=1S/C18H16N4/c1-12-7-8-15(9-13(12)2)20-11-14(10-19)18-21-16-5-3-4-6-17(16)22-18/h3-9,11,20H,1-2H3,(H,21,22)/b14-11+. The summed E-state index contributed by atoms with van der Waals surface area (Å²) in [5.41, 5.74) is 5.64. The van der Waals surface area contributed by atoms with Crippen LogP contribution in [0.5, 0.6) is 0 Å². The predicted molar refractivity (Wildman–Crippen MR) is 89.2 cm³/mol. The number of rotatable bonds is 3. The number of fused-ring (bicyclic) bond motifs is 1. The summed E-state index contributed by atoms with van der Waals surface area (Å²) >= 11 is 0. The van der Waals surface area contributed by atoms with Crippen molar-refractivity contribution in [1.29, 1.82) is 5.26 Å². The quantitative estimate of drug-likeness (QED) is 0.711. The molecule has 0 aliphatic rings. The highest BCUT2D eigenvalue weighted by atomic mass is 14.9. The average molecular weight is 288 g/mol. The number of hydrogen-bond acceptors (Lipinski definition) is 3. The van der Waals surface area contributed by atoms with Crippen LogP contribution in [0.1, 0.15) is 17.0 Å². The fourth-order valence-electron chi connectivity index (χ4n) is 2.22. The summed E-state index contributed by atoms with van der Waals surface area (Å²) in [6, 6.07) is 16.0. The first-order valence-corrected chi connectivity index (χ1v) is 7.06. The lowest BCUT2D eigenvalue weighted by Gasteiger charge is -2.05. The number of aromatic nitrogens is 2. The number of para-hydroxylation sites is 2. The number of anilines is 1. The molecule has 0 spiro atoms. The summed E-state index contributed by atoms with van der Waals surface area (Å²) in [5, 5.41) is 12.5. The first-order valence-electron chi connectivity index (χ1n) is 7.06. The summed E-state index contributed by atoms with van der Waals surface area (Å²) in [6.45, 7) is 4.14. The lowest BCUT2D eigenvalue weighted by atomic mass is 10.1. The third-order valence-electron chi connectivity index (χ3n) is 3.66. The molecule has 3 rings (SSSR count). The zero-order valence-corrected chi connectivity index (χ0v) is 12.5. The summed E-state index contributed by atoms with van der Waals surface area (Å²) < 4.78 is 0. The lowest BCUT2D eigenvalue weighted by Crippen LogP contribution is -1.93. The van der Waals surface area contributed by atoms with Crippen LogP contribution in [0.15, 0.2) is 48.7 Å². The molecule has 4 nitrogen and oxygen atoms in total. The zero-order valence-electron chi connectivity index (χ0n) is 12.5. The first kappa shape index (κ1) is 13.9. The second-order valence-corrected chi connectivity index (χ2v) is 5.22. The maximum Gasteiger partial charge on any atom is 0.150 e. The van der Waals surface area contributed by atoms with Crippen LogP contribution in [0.4, 0.5) is 5.69 Å². The molecule has 0 bridgehead atoms. The number of allylic oxidation sites excluding steroid dienone is 1. The maximum absolute atomic E-state index is 9.36. The summed E-state index contributed by atoms with van der Waals surface area (Å²) in [4.78, 5) is 7.60. The van der Waals surface area contributed by atoms with Crippen LogP contribution in [0.2, 0.25) is 0 Å². The Labute approximate surface area is 129 Å². The number of aryl methyl sites for hydroxylation is 2. The molecule has 4 heteroatoms. The van der Waals surface area contributed by atoms with E-state index in [4.69, 9.17) is 0 Å². The smallest absolute Gasteiger partial charge is 0.150 e. The average Bonchev–Trinajstić information content (AvgIpc) is 2.95. The topological polar surface area (TPSA) is 64.5 Å². The molecule has 3 aromatic rings. The Morgan fingerprint density at radius 3 is 2.73 bits per heavy atom. The van der Waals surface area contributed by atoms with Gasteiger partial charge in [0.05, 0.1) is 11.0 Å². The van der Waals surface area contributed by atoms with Crippen molar-refractivity contribution >= 4 is 22.3 Å². The molecule has 1 heterocycles. The van der Waals surface area contributed by atoms with Crippen molar-refractivity contribution in [1.82, 2.24) is 9.97 Å². The predicted octanol–water partition coefficient (Wildman–Crippen LogP) is 4.16. The normalized spacial score (nSPS) is 11.4. The van der Waals surface area contributed by atoms with Gasteiger partial charge in [0.25, 0.3) is 0 Å². The van der Waals surface area contributed by atoms with Gasteiger partial charge in [0.1, 0.15) is 11.6 Å². The molecule has 2 N–H and O–H groups in total. The Balaban J connectivity index is 1.90. The van der Waals surface area contributed by atoms with Crippen molar-refractivity contribution < 1.29 is 0 Å². The third kappa shape index (κ3) is 2.70. The molecular formula is C18H16N4. The number of benzene rings is 2. The third-order valence-corrected chi connectivity index (χ3v) is 3.66. The second kappa shape index (κ2) is 5.74. The van der Waals surface area contributed by atoms with E-state index in [0.717, 1.165) is 16.7 Å². The minimum absolute atomic E-state index is 0.467. The SMILES string of the molecule is Cc1ccc(N/C=C(\C#N)c2nc3ccccc3[nH]2)cc1C. The molecule has 0 aliphatic heterocycles. The number of nitriles is 1. The van der Waals surface area contributed by atoms with Gasteiger partial charge in [-0.25, -0.2) is 4.98 Å². The van der Waals surface area contributed by atoms with E-state index in [2.05, 4.69) is 47.3 Å². The number of aromatic amines is 1. The van der Waals surface area contributed by atoms with Crippen LogP contribution in [-0.2, 0) is 0 Å². The zero-order chi connectivity index (χ0) is 15.5. The second-order valence-electron chi connectivity index (χ2n) is 5.22. The summed E-state index contributed by atoms with van der Waals surface area (Å²) in [6.07, 6.45) is 1.68. The minimum Gasteiger partial charge on any atom is -0.360 e. The lowest BCUT2D eigenvalue weighted by molar-refractivity contribution is 1.27. The van der Waals surface area contributed by atoms with Gasteiger partial charge in [-0.05, 0) is 49.2 Å². The maximum atomic E-state index is 9.36. The molecule has 0 atom stereocenters. The molecule has 1 aromatic heterocycles. The Morgan fingerprint density at radius 2 is 2.00 bits per heavy atom. The van der Waals surface area contributed by atoms with Crippen molar-refractivity contribution in [3.8, 4) is 6.07 Å². The molecule has 0 aliphatic carbocycles. The fourth-order valence-corrected chi connectivity index (χ4v) is 2.22. The van der Waals surface area contributed by atoms with E-state index in [-0.39, 0.29) is 0 Å². The molecule has 0 fully saturated rings. The van der Waals surface area contributed by atoms with E-state index in [1.54, 1.807) is 6.20 Å². The highest BCUT2D eigenvalue weighted by Crippen LogP contribution is 2.18. The van der Waals surface area contributed by atoms with Gasteiger partial charge in [0.15, 0.2) is 5.82 Å². The molecule has 22 heavy (non-hydrogen) atoms. The van der Waals surface area contributed by atoms with Gasteiger partial charge in [-0.15, -0.1) is 0 Å². The monoisotopic (exact) mass is 288 g/mol. The number of H-pyrrole nitrogens is 1. The molecule has 0 unspecified atom stereocenters. The number of hydrogen-bond donors (Lipinski definition) is 2. The van der Waals surface area contributed by atoms with Crippen LogP contribution in [0, 0.1) is 25.2 Å². The number of nitrogens with one attached hydrogen (secondary N) is 2. The molecule has 0 saturated heterocycles. The van der Waals surface area contributed by atoms with Crippen molar-refractivity contribution in [3.63, 3.8) is 0 Å². The van der Waals surface area contributed by atoms with Gasteiger partial charge >= 0.3 is 0 Å². The van der Waals surface area contributed by atoms with Crippen molar-refractivity contribution in [2.75, 3.05) is 5.32 Å². The highest BCUT2D eigenvalue weighted by Gasteiger charge is 2.07. The van der Waals surface area contributed by atoms with Crippen LogP contribution in [0.3, 0.4) is 0 Å². The van der Waals surface area contributed by atoms with Gasteiger partial charge < -0.3 is 10.3 Å². The summed E-state index contributed by atoms with van der Waals surface area (Å²) in [5.74, 6) is 0.569. The molecule has 0 radical (unpaired) electrons. The van der Waals surface area contributed by atoms with Gasteiger partial charge in [-0.2, -0.15) is 5.26 Å². The van der Waals surface area contributed by atoms with Crippen LogP contribution >= 0.6 is 0 Å². The first-order chi connectivity index (χ1) is 10.7. The number of nitrogens with zero attached hydrogens (tertiary/aromatic N) is 2. The molecular weight excluding hydrogens is 272 g/mol. The Hall–Kier alpha value is -3.06.